The van der Waals surface area contributed by atoms with Crippen LogP contribution in [0.15, 0.2) is 60.7 Å². The van der Waals surface area contributed by atoms with Gasteiger partial charge in [0.25, 0.3) is 0 Å². The maximum Gasteiger partial charge on any atom is 0.0149 e. The van der Waals surface area contributed by atoms with Crippen LogP contribution in [-0.4, -0.2) is 0 Å². The predicted octanol–water partition coefficient (Wildman–Crippen LogP) is 5.33. The van der Waals surface area contributed by atoms with Gasteiger partial charge in [-0.2, -0.15) is 0 Å². The van der Waals surface area contributed by atoms with Gasteiger partial charge in [0, 0.05) is 10.8 Å². The summed E-state index contributed by atoms with van der Waals surface area (Å²) in [6, 6.07) is 22.8. The van der Waals surface area contributed by atoms with Crippen LogP contribution in [-0.2, 0) is 10.8 Å². The Hall–Kier alpha value is -1.56. The van der Waals surface area contributed by atoms with E-state index in [4.69, 9.17) is 0 Å². The first-order valence-electron chi connectivity index (χ1n) is 8.80. The standard InChI is InChI=1S/C22H24/c1-20(2)21(16-10-5-3-6-11-16)18-14-9-15-19(18)22(20,21)17-12-7-4-8-13-17/h3-8,10-13,18-19H,9,14-15H2,1-2H3/t18-,19+,21-,22+. The van der Waals surface area contributed by atoms with E-state index >= 15 is 0 Å². The summed E-state index contributed by atoms with van der Waals surface area (Å²) in [6.45, 7) is 5.07. The second-order valence-corrected chi connectivity index (χ2v) is 8.12. The second kappa shape index (κ2) is 3.85. The fraction of sp³-hybridized carbons (Fsp3) is 0.455. The lowest BCUT2D eigenvalue weighted by atomic mass is 9.54. The lowest BCUT2D eigenvalue weighted by molar-refractivity contribution is 0.120. The Morgan fingerprint density at radius 2 is 1.09 bits per heavy atom. The highest BCUT2D eigenvalue weighted by Crippen LogP contribution is 2.94. The lowest BCUT2D eigenvalue weighted by Crippen LogP contribution is -2.49. The van der Waals surface area contributed by atoms with E-state index in [0.29, 0.717) is 16.2 Å². The molecule has 0 saturated heterocycles. The van der Waals surface area contributed by atoms with Gasteiger partial charge in [-0.1, -0.05) is 80.9 Å². The van der Waals surface area contributed by atoms with Crippen LogP contribution in [0.1, 0.15) is 44.2 Å². The molecule has 2 aromatic carbocycles. The zero-order valence-electron chi connectivity index (χ0n) is 13.5. The Kier molecular flexibility index (Phi) is 2.26. The van der Waals surface area contributed by atoms with Gasteiger partial charge < -0.3 is 0 Å². The zero-order valence-corrected chi connectivity index (χ0v) is 13.5. The van der Waals surface area contributed by atoms with Gasteiger partial charge in [-0.15, -0.1) is 0 Å². The van der Waals surface area contributed by atoms with Gasteiger partial charge in [-0.25, -0.2) is 0 Å². The van der Waals surface area contributed by atoms with Crippen molar-refractivity contribution in [1.82, 2.24) is 0 Å². The van der Waals surface area contributed by atoms with Crippen molar-refractivity contribution < 1.29 is 0 Å². The molecule has 5 rings (SSSR count). The molecule has 22 heavy (non-hydrogen) atoms. The van der Waals surface area contributed by atoms with Crippen LogP contribution in [0.25, 0.3) is 0 Å². The van der Waals surface area contributed by atoms with Gasteiger partial charge in [-0.05, 0) is 41.2 Å². The van der Waals surface area contributed by atoms with Crippen molar-refractivity contribution in [2.45, 2.75) is 43.9 Å². The Balaban J connectivity index is 1.77. The second-order valence-electron chi connectivity index (χ2n) is 8.12. The highest BCUT2D eigenvalue weighted by Gasteiger charge is 2.95. The van der Waals surface area contributed by atoms with Gasteiger partial charge in [0.2, 0.25) is 0 Å². The molecule has 0 aliphatic heterocycles. The van der Waals surface area contributed by atoms with Gasteiger partial charge in [0.1, 0.15) is 0 Å². The van der Waals surface area contributed by atoms with Crippen molar-refractivity contribution in [3.63, 3.8) is 0 Å². The van der Waals surface area contributed by atoms with E-state index in [1.165, 1.54) is 19.3 Å². The maximum absolute atomic E-state index is 2.53. The van der Waals surface area contributed by atoms with Gasteiger partial charge in [0.05, 0.1) is 0 Å². The molecule has 3 saturated carbocycles. The Morgan fingerprint density at radius 3 is 1.50 bits per heavy atom. The van der Waals surface area contributed by atoms with Crippen molar-refractivity contribution in [2.24, 2.45) is 17.3 Å². The summed E-state index contributed by atoms with van der Waals surface area (Å²) in [5.74, 6) is 1.79. The minimum Gasteiger partial charge on any atom is -0.0622 e. The van der Waals surface area contributed by atoms with E-state index in [2.05, 4.69) is 74.5 Å². The van der Waals surface area contributed by atoms with Crippen molar-refractivity contribution in [3.05, 3.63) is 71.8 Å². The van der Waals surface area contributed by atoms with Crippen LogP contribution in [0.5, 0.6) is 0 Å². The van der Waals surface area contributed by atoms with Crippen LogP contribution in [0.2, 0.25) is 0 Å². The monoisotopic (exact) mass is 288 g/mol. The first kappa shape index (κ1) is 12.9. The van der Waals surface area contributed by atoms with Crippen LogP contribution in [0, 0.1) is 17.3 Å². The summed E-state index contributed by atoms with van der Waals surface area (Å²) in [7, 11) is 0. The summed E-state index contributed by atoms with van der Waals surface area (Å²) < 4.78 is 0. The normalized spacial score (nSPS) is 40.5. The molecular formula is C22H24. The molecule has 0 nitrogen and oxygen atoms in total. The zero-order chi connectivity index (χ0) is 15.0. The topological polar surface area (TPSA) is 0 Å². The Labute approximate surface area is 133 Å². The largest absolute Gasteiger partial charge is 0.0622 e. The maximum atomic E-state index is 2.53. The molecule has 0 bridgehead atoms. The third-order valence-corrected chi connectivity index (χ3v) is 7.62. The first-order chi connectivity index (χ1) is 10.7. The number of hydrogen-bond donors (Lipinski definition) is 0. The molecule has 4 atom stereocenters. The molecule has 0 radical (unpaired) electrons. The number of rotatable bonds is 2. The molecule has 0 aromatic heterocycles. The summed E-state index contributed by atoms with van der Waals surface area (Å²) >= 11 is 0. The smallest absolute Gasteiger partial charge is 0.0149 e. The molecular weight excluding hydrogens is 264 g/mol. The van der Waals surface area contributed by atoms with E-state index in [0.717, 1.165) is 11.8 Å². The van der Waals surface area contributed by atoms with E-state index in [9.17, 15) is 0 Å². The molecule has 2 aromatic rings. The van der Waals surface area contributed by atoms with E-state index in [1.807, 2.05) is 0 Å². The average molecular weight is 288 g/mol. The number of benzene rings is 2. The molecule has 0 spiro atoms. The van der Waals surface area contributed by atoms with E-state index < -0.39 is 0 Å². The minimum absolute atomic E-state index is 0.373. The van der Waals surface area contributed by atoms with Gasteiger partial charge in [0.15, 0.2) is 0 Å². The van der Waals surface area contributed by atoms with E-state index in [1.54, 1.807) is 11.1 Å². The third-order valence-electron chi connectivity index (χ3n) is 7.62. The SMILES string of the molecule is CC1(C)[C@]2(c3ccccc3)[C@H]3CCC[C@H]3[C@]12c1ccccc1. The Bertz CT molecular complexity index is 653. The summed E-state index contributed by atoms with van der Waals surface area (Å²) in [5, 5.41) is 0. The molecule has 0 N–H and O–H groups in total. The molecule has 0 amide bonds. The summed E-state index contributed by atoms with van der Waals surface area (Å²) in [4.78, 5) is 0. The van der Waals surface area contributed by atoms with Crippen LogP contribution >= 0.6 is 0 Å². The first-order valence-corrected chi connectivity index (χ1v) is 8.80. The van der Waals surface area contributed by atoms with Crippen molar-refractivity contribution in [1.29, 1.82) is 0 Å². The molecule has 3 aliphatic rings. The molecule has 112 valence electrons. The molecule has 0 unspecified atom stereocenters. The number of fused-ring (bicyclic) bond motifs is 4. The molecule has 0 heteroatoms. The summed E-state index contributed by atoms with van der Waals surface area (Å²) in [6.07, 6.45) is 4.28. The predicted molar refractivity (Wildman–Crippen MR) is 90.9 cm³/mol. The Morgan fingerprint density at radius 1 is 0.682 bits per heavy atom. The van der Waals surface area contributed by atoms with Crippen molar-refractivity contribution in [2.75, 3.05) is 0 Å². The van der Waals surface area contributed by atoms with Crippen molar-refractivity contribution >= 4 is 0 Å². The molecule has 3 fully saturated rings. The lowest BCUT2D eigenvalue weighted by Gasteiger charge is -2.49. The van der Waals surface area contributed by atoms with Crippen LogP contribution < -0.4 is 0 Å². The highest BCUT2D eigenvalue weighted by molar-refractivity contribution is 5.64. The minimum atomic E-state index is 0.373. The molecule has 0 heterocycles. The summed E-state index contributed by atoms with van der Waals surface area (Å²) in [5.41, 5.74) is 4.31. The van der Waals surface area contributed by atoms with E-state index in [-0.39, 0.29) is 0 Å². The van der Waals surface area contributed by atoms with Crippen molar-refractivity contribution in [3.8, 4) is 0 Å². The fourth-order valence-electron chi connectivity index (χ4n) is 7.36. The van der Waals surface area contributed by atoms with Crippen LogP contribution in [0.3, 0.4) is 0 Å². The highest BCUT2D eigenvalue weighted by atomic mass is 15.0. The fourth-order valence-corrected chi connectivity index (χ4v) is 7.36. The average Bonchev–Trinajstić information content (AvgIpc) is 2.78. The third kappa shape index (κ3) is 1.04. The number of hydrogen-bond acceptors (Lipinski definition) is 0. The van der Waals surface area contributed by atoms with Gasteiger partial charge in [-0.3, -0.25) is 0 Å². The van der Waals surface area contributed by atoms with Gasteiger partial charge >= 0.3 is 0 Å². The van der Waals surface area contributed by atoms with Crippen LogP contribution in [0.4, 0.5) is 0 Å². The quantitative estimate of drug-likeness (QED) is 0.700. The molecule has 3 aliphatic carbocycles.